The summed E-state index contributed by atoms with van der Waals surface area (Å²) in [7, 11) is 3.09. The maximum absolute atomic E-state index is 13.5. The number of aromatic nitrogens is 1. The molecule has 3 heterocycles. The van der Waals surface area contributed by atoms with Gasteiger partial charge in [-0.15, -0.1) is 0 Å². The minimum absolute atomic E-state index is 0.0859. The Bertz CT molecular complexity index is 1830. The molecule has 1 saturated carbocycles. The van der Waals surface area contributed by atoms with E-state index in [-0.39, 0.29) is 18.1 Å². The van der Waals surface area contributed by atoms with Gasteiger partial charge in [0.2, 0.25) is 0 Å². The van der Waals surface area contributed by atoms with Crippen LogP contribution in [0, 0.1) is 0 Å². The number of rotatable bonds is 6. The molecular weight excluding hydrogens is 602 g/mol. The molecule has 1 fully saturated rings. The molecule has 0 spiro atoms. The molecule has 2 aromatic carbocycles. The van der Waals surface area contributed by atoms with Crippen molar-refractivity contribution in [3.05, 3.63) is 70.1 Å². The molecule has 3 aliphatic rings. The van der Waals surface area contributed by atoms with Crippen LogP contribution in [0.1, 0.15) is 107 Å². The lowest BCUT2D eigenvalue weighted by Crippen LogP contribution is -2.39. The Labute approximate surface area is 284 Å². The van der Waals surface area contributed by atoms with E-state index < -0.39 is 11.6 Å². The molecule has 254 valence electrons. The van der Waals surface area contributed by atoms with Crippen LogP contribution in [0.5, 0.6) is 5.75 Å². The second kappa shape index (κ2) is 13.3. The van der Waals surface area contributed by atoms with E-state index >= 15 is 0 Å². The summed E-state index contributed by atoms with van der Waals surface area (Å²) in [6.07, 6.45) is 10.6. The van der Waals surface area contributed by atoms with Gasteiger partial charge in [-0.05, 0) is 113 Å². The van der Waals surface area contributed by atoms with Crippen molar-refractivity contribution in [2.24, 2.45) is 4.99 Å². The zero-order valence-corrected chi connectivity index (χ0v) is 29.7. The second-order valence-corrected chi connectivity index (χ2v) is 14.6. The number of methoxy groups -OCH3 is 2. The van der Waals surface area contributed by atoms with Crippen LogP contribution in [0.2, 0.25) is 0 Å². The van der Waals surface area contributed by atoms with Crippen LogP contribution in [0.25, 0.3) is 28.2 Å². The molecule has 6 rings (SSSR count). The van der Waals surface area contributed by atoms with E-state index in [9.17, 15) is 9.59 Å². The summed E-state index contributed by atoms with van der Waals surface area (Å²) in [6.45, 7) is 12.6. The first-order valence-corrected chi connectivity index (χ1v) is 17.3. The van der Waals surface area contributed by atoms with E-state index in [0.29, 0.717) is 30.1 Å². The van der Waals surface area contributed by atoms with Gasteiger partial charge in [0.1, 0.15) is 11.4 Å². The molecule has 0 N–H and O–H groups in total. The molecule has 0 radical (unpaired) electrons. The van der Waals surface area contributed by atoms with Crippen molar-refractivity contribution in [2.75, 3.05) is 14.2 Å². The van der Waals surface area contributed by atoms with Crippen LogP contribution in [-0.4, -0.2) is 59.5 Å². The van der Waals surface area contributed by atoms with Crippen molar-refractivity contribution in [2.45, 2.75) is 110 Å². The molecule has 0 saturated heterocycles. The van der Waals surface area contributed by atoms with Gasteiger partial charge in [-0.25, -0.2) is 9.59 Å². The highest BCUT2D eigenvalue weighted by molar-refractivity contribution is 6.00. The highest BCUT2D eigenvalue weighted by Gasteiger charge is 2.35. The summed E-state index contributed by atoms with van der Waals surface area (Å²) >= 11 is 0. The molecular formula is C40H49N3O5. The Hall–Kier alpha value is -4.33. The predicted octanol–water partition coefficient (Wildman–Crippen LogP) is 8.67. The smallest absolute Gasteiger partial charge is 0.358 e. The highest BCUT2D eigenvalue weighted by Crippen LogP contribution is 2.48. The number of carbonyl (C=O) groups is 2. The molecule has 3 aromatic rings. The van der Waals surface area contributed by atoms with Crippen molar-refractivity contribution >= 4 is 35.1 Å². The Kier molecular flexibility index (Phi) is 9.29. The standard InChI is InChI=1S/C40H49N3O5/c1-24(2)43-25(3)18-19-41-35(39(45)47-8)36(43)29-20-28-21-30(46-7)15-17-31(28)37-34(26-12-10-9-11-13-26)32-16-14-27(22-33(32)42(37)23-29)38(44)48-40(4,5)6/h14-17,19-22,24-26H,9-13,18,23H2,1-8H3. The number of allylic oxidation sites excluding steroid dienone is 1. The Morgan fingerprint density at radius 2 is 1.73 bits per heavy atom. The number of hydrogen-bond donors (Lipinski definition) is 0. The summed E-state index contributed by atoms with van der Waals surface area (Å²) in [5, 5.41) is 1.15. The molecule has 1 aromatic heterocycles. The second-order valence-electron chi connectivity index (χ2n) is 14.6. The van der Waals surface area contributed by atoms with E-state index in [0.717, 1.165) is 57.6 Å². The van der Waals surface area contributed by atoms with E-state index in [1.54, 1.807) is 7.11 Å². The van der Waals surface area contributed by atoms with Crippen molar-refractivity contribution in [3.8, 4) is 17.0 Å². The van der Waals surface area contributed by atoms with Gasteiger partial charge in [-0.2, -0.15) is 0 Å². The molecule has 1 atom stereocenters. The van der Waals surface area contributed by atoms with E-state index in [1.165, 1.54) is 31.9 Å². The highest BCUT2D eigenvalue weighted by atomic mass is 16.6. The van der Waals surface area contributed by atoms with Crippen molar-refractivity contribution in [3.63, 3.8) is 0 Å². The third kappa shape index (κ3) is 6.29. The van der Waals surface area contributed by atoms with Gasteiger partial charge in [-0.3, -0.25) is 4.99 Å². The quantitative estimate of drug-likeness (QED) is 0.248. The monoisotopic (exact) mass is 651 g/mol. The molecule has 8 nitrogen and oxygen atoms in total. The van der Waals surface area contributed by atoms with E-state index in [2.05, 4.69) is 54.5 Å². The molecule has 48 heavy (non-hydrogen) atoms. The zero-order chi connectivity index (χ0) is 34.3. The van der Waals surface area contributed by atoms with Crippen LogP contribution in [0.3, 0.4) is 0 Å². The maximum Gasteiger partial charge on any atom is 0.358 e. The molecule has 0 amide bonds. The zero-order valence-electron chi connectivity index (χ0n) is 29.7. The number of ether oxygens (including phenoxy) is 3. The van der Waals surface area contributed by atoms with Gasteiger partial charge in [0.25, 0.3) is 0 Å². The van der Waals surface area contributed by atoms with Crippen LogP contribution in [0.4, 0.5) is 0 Å². The lowest BCUT2D eigenvalue weighted by atomic mass is 9.81. The number of hydrogen-bond acceptors (Lipinski definition) is 7. The Balaban J connectivity index is 1.68. The summed E-state index contributed by atoms with van der Waals surface area (Å²) in [5.74, 6) is 0.336. The predicted molar refractivity (Wildman–Crippen MR) is 191 cm³/mol. The third-order valence-electron chi connectivity index (χ3n) is 9.79. The lowest BCUT2D eigenvalue weighted by molar-refractivity contribution is -0.136. The van der Waals surface area contributed by atoms with Crippen LogP contribution in [0.15, 0.2) is 58.4 Å². The first kappa shape index (κ1) is 33.6. The fraction of sp³-hybridized carbons (Fsp3) is 0.475. The number of aliphatic imine (C=N–C) groups is 1. The van der Waals surface area contributed by atoms with Crippen molar-refractivity contribution < 1.29 is 23.8 Å². The first-order valence-electron chi connectivity index (χ1n) is 17.3. The normalized spacial score (nSPS) is 18.6. The molecule has 0 bridgehead atoms. The number of carbonyl (C=O) groups excluding carboxylic acids is 2. The minimum Gasteiger partial charge on any atom is -0.497 e. The van der Waals surface area contributed by atoms with Crippen LogP contribution < -0.4 is 4.74 Å². The summed E-state index contributed by atoms with van der Waals surface area (Å²) < 4.78 is 19.3. The Morgan fingerprint density at radius 3 is 2.40 bits per heavy atom. The fourth-order valence-corrected chi connectivity index (χ4v) is 7.79. The van der Waals surface area contributed by atoms with E-state index in [4.69, 9.17) is 19.2 Å². The number of benzene rings is 2. The van der Waals surface area contributed by atoms with Gasteiger partial charge in [0.05, 0.1) is 37.7 Å². The minimum atomic E-state index is -0.614. The summed E-state index contributed by atoms with van der Waals surface area (Å²) in [5.41, 5.74) is 7.49. The lowest BCUT2D eigenvalue weighted by Gasteiger charge is -2.37. The Morgan fingerprint density at radius 1 is 0.979 bits per heavy atom. The SMILES string of the molecule is COC(=O)C1=C(C2=Cc3cc(OC)ccc3-c3c(C4CCCCC4)c4ccc(C(=O)OC(C)(C)C)cc4n3C2)N(C(C)C)C(C)CC=N1. The van der Waals surface area contributed by atoms with Crippen molar-refractivity contribution in [1.29, 1.82) is 0 Å². The third-order valence-corrected chi connectivity index (χ3v) is 9.79. The van der Waals surface area contributed by atoms with Gasteiger partial charge >= 0.3 is 11.9 Å². The van der Waals surface area contributed by atoms with Gasteiger partial charge < -0.3 is 23.7 Å². The molecule has 2 aliphatic heterocycles. The van der Waals surface area contributed by atoms with Crippen LogP contribution in [-0.2, 0) is 20.8 Å². The van der Waals surface area contributed by atoms with Crippen molar-refractivity contribution in [1.82, 2.24) is 9.47 Å². The summed E-state index contributed by atoms with van der Waals surface area (Å²) in [6, 6.07) is 12.5. The maximum atomic E-state index is 13.5. The van der Waals surface area contributed by atoms with Gasteiger partial charge in [0.15, 0.2) is 5.70 Å². The molecule has 8 heteroatoms. The molecule has 1 unspecified atom stereocenters. The summed E-state index contributed by atoms with van der Waals surface area (Å²) in [4.78, 5) is 33.9. The van der Waals surface area contributed by atoms with Gasteiger partial charge in [-0.1, -0.05) is 25.3 Å². The average Bonchev–Trinajstić information content (AvgIpc) is 3.15. The fourth-order valence-electron chi connectivity index (χ4n) is 7.79. The van der Waals surface area contributed by atoms with E-state index in [1.807, 2.05) is 45.2 Å². The number of esters is 2. The van der Waals surface area contributed by atoms with Crippen LogP contribution >= 0.6 is 0 Å². The number of nitrogens with zero attached hydrogens (tertiary/aromatic N) is 3. The molecule has 1 aliphatic carbocycles. The average molecular weight is 652 g/mol. The largest absolute Gasteiger partial charge is 0.497 e. The van der Waals surface area contributed by atoms with Gasteiger partial charge in [0, 0.05) is 41.2 Å². The topological polar surface area (TPSA) is 82.4 Å². The first-order chi connectivity index (χ1) is 22.9. The number of fused-ring (bicyclic) bond motifs is 5.